The van der Waals surface area contributed by atoms with Crippen molar-refractivity contribution in [3.63, 3.8) is 0 Å². The van der Waals surface area contributed by atoms with Crippen molar-refractivity contribution in [1.29, 1.82) is 0 Å². The van der Waals surface area contributed by atoms with Crippen LogP contribution in [0.4, 0.5) is 5.69 Å². The maximum absolute atomic E-state index is 14.6. The zero-order valence-electron chi connectivity index (χ0n) is 27.0. The van der Waals surface area contributed by atoms with E-state index in [1.807, 2.05) is 85.8 Å². The summed E-state index contributed by atoms with van der Waals surface area (Å²) in [6.45, 7) is 2.22. The summed E-state index contributed by atoms with van der Waals surface area (Å²) in [7, 11) is -3.49. The lowest BCUT2D eigenvalue weighted by atomic mass is 10.0. The molecule has 1 aromatic heterocycles. The predicted molar refractivity (Wildman–Crippen MR) is 201 cm³/mol. The van der Waals surface area contributed by atoms with Gasteiger partial charge in [-0.05, 0) is 55.6 Å². The molecule has 48 heavy (non-hydrogen) atoms. The summed E-state index contributed by atoms with van der Waals surface area (Å²) in [6, 6.07) is 46.5. The van der Waals surface area contributed by atoms with Gasteiger partial charge in [0.2, 0.25) is 0 Å². The highest BCUT2D eigenvalue weighted by molar-refractivity contribution is 7.94. The average molecular weight is 695 g/mol. The van der Waals surface area contributed by atoms with E-state index in [0.29, 0.717) is 34.9 Å². The second-order valence-corrected chi connectivity index (χ2v) is 17.6. The third-order valence-electron chi connectivity index (χ3n) is 8.53. The number of fused-ring (bicyclic) bond motifs is 1. The van der Waals surface area contributed by atoms with E-state index in [-0.39, 0.29) is 11.5 Å². The van der Waals surface area contributed by atoms with Crippen LogP contribution in [0.1, 0.15) is 24.6 Å². The number of aryl methyl sites for hydroxylation is 1. The summed E-state index contributed by atoms with van der Waals surface area (Å²) in [5.41, 5.74) is 2.81. The van der Waals surface area contributed by atoms with Gasteiger partial charge >= 0.3 is 0 Å². The number of methoxy groups -OCH3 is 1. The van der Waals surface area contributed by atoms with Crippen LogP contribution in [0, 0.1) is 0 Å². The summed E-state index contributed by atoms with van der Waals surface area (Å²) >= 11 is -1.65. The highest BCUT2D eigenvalue weighted by Crippen LogP contribution is 2.45. The predicted octanol–water partition coefficient (Wildman–Crippen LogP) is 7.62. The summed E-state index contributed by atoms with van der Waals surface area (Å²) in [5.74, 6) is 0. The Hall–Kier alpha value is -3.91. The molecule has 0 aliphatic carbocycles. The van der Waals surface area contributed by atoms with Crippen molar-refractivity contribution in [1.82, 2.24) is 3.97 Å². The van der Waals surface area contributed by atoms with E-state index in [0.717, 1.165) is 22.6 Å². The second-order valence-electron chi connectivity index (χ2n) is 11.9. The molecular formula is C39H39N2O4PS2. The normalized spacial score (nSPS) is 13.8. The van der Waals surface area contributed by atoms with Crippen molar-refractivity contribution >= 4 is 56.5 Å². The topological polar surface area (TPSA) is 83.4 Å². The molecule has 0 aliphatic heterocycles. The number of anilines is 1. The number of aromatic nitrogens is 1. The van der Waals surface area contributed by atoms with Gasteiger partial charge in [-0.1, -0.05) is 127 Å². The van der Waals surface area contributed by atoms with Crippen molar-refractivity contribution < 1.29 is 17.7 Å². The molecule has 0 aliphatic rings. The smallest absolute Gasteiger partial charge is 0.268 e. The Labute approximate surface area is 287 Å². The van der Waals surface area contributed by atoms with Gasteiger partial charge in [0.15, 0.2) is 4.75 Å². The van der Waals surface area contributed by atoms with Crippen LogP contribution in [0.5, 0.6) is 0 Å². The molecule has 2 atom stereocenters. The molecule has 0 radical (unpaired) electrons. The maximum atomic E-state index is 14.6. The first kappa shape index (κ1) is 34.0. The Kier molecular flexibility index (Phi) is 10.7. The molecule has 0 fully saturated rings. The van der Waals surface area contributed by atoms with Gasteiger partial charge in [0.1, 0.15) is 5.69 Å². The minimum atomic E-state index is -4.05. The third kappa shape index (κ3) is 7.24. The quantitative estimate of drug-likeness (QED) is 0.0937. The molecular weight excluding hydrogens is 656 g/mol. The second kappa shape index (κ2) is 15.1. The van der Waals surface area contributed by atoms with E-state index < -0.39 is 34.1 Å². The van der Waals surface area contributed by atoms with Crippen LogP contribution in [-0.2, 0) is 38.7 Å². The first-order chi connectivity index (χ1) is 23.3. The number of rotatable bonds is 14. The minimum absolute atomic E-state index is 0.190. The third-order valence-corrected chi connectivity index (χ3v) is 14.4. The molecule has 9 heteroatoms. The van der Waals surface area contributed by atoms with E-state index >= 15 is 0 Å². The Morgan fingerprint density at radius 1 is 0.771 bits per heavy atom. The van der Waals surface area contributed by atoms with Crippen LogP contribution >= 0.6 is 7.92 Å². The van der Waals surface area contributed by atoms with Crippen LogP contribution in [0.3, 0.4) is 0 Å². The van der Waals surface area contributed by atoms with Crippen molar-refractivity contribution in [2.45, 2.75) is 35.6 Å². The number of hydrogen-bond donors (Lipinski definition) is 1. The fourth-order valence-corrected chi connectivity index (χ4v) is 11.2. The number of ether oxygens (including phenoxy) is 1. The Bertz CT molecular complexity index is 2000. The number of benzene rings is 5. The number of nitrogens with one attached hydrogen (secondary N) is 1. The van der Waals surface area contributed by atoms with Crippen molar-refractivity contribution in [2.75, 3.05) is 18.4 Å². The Morgan fingerprint density at radius 2 is 1.29 bits per heavy atom. The first-order valence-corrected chi connectivity index (χ1v) is 20.0. The Morgan fingerprint density at radius 3 is 1.88 bits per heavy atom. The summed E-state index contributed by atoms with van der Waals surface area (Å²) in [5, 5.41) is 2.93. The van der Waals surface area contributed by atoms with Gasteiger partial charge in [-0.25, -0.2) is 17.1 Å². The molecule has 1 heterocycles. The van der Waals surface area contributed by atoms with Gasteiger partial charge in [-0.15, -0.1) is 0 Å². The van der Waals surface area contributed by atoms with Gasteiger partial charge < -0.3 is 9.29 Å². The fourth-order valence-electron chi connectivity index (χ4n) is 5.98. The zero-order valence-corrected chi connectivity index (χ0v) is 29.6. The molecule has 6 rings (SSSR count). The van der Waals surface area contributed by atoms with Crippen molar-refractivity contribution in [3.8, 4) is 0 Å². The van der Waals surface area contributed by atoms with E-state index in [1.165, 1.54) is 3.97 Å². The SMILES string of the molecule is COCC(C)(CCc1ccccc1)[S+]([O-])Nc1c(CP(c2ccccc2)c2ccccc2)n(S(=O)(=O)c2ccccc2)c2ccccc12. The molecule has 5 aromatic carbocycles. The van der Waals surface area contributed by atoms with Crippen LogP contribution in [0.25, 0.3) is 10.9 Å². The molecule has 6 nitrogen and oxygen atoms in total. The molecule has 0 amide bonds. The zero-order chi connectivity index (χ0) is 33.6. The van der Waals surface area contributed by atoms with Crippen LogP contribution in [0.15, 0.2) is 150 Å². The van der Waals surface area contributed by atoms with Crippen molar-refractivity contribution in [3.05, 3.63) is 157 Å². The molecule has 246 valence electrons. The number of nitrogens with zero attached hydrogens (tertiary/aromatic N) is 1. The van der Waals surface area contributed by atoms with E-state index in [2.05, 4.69) is 41.1 Å². The molecule has 0 spiro atoms. The highest BCUT2D eigenvalue weighted by atomic mass is 32.2. The summed E-state index contributed by atoms with van der Waals surface area (Å²) in [4.78, 5) is 0.190. The van der Waals surface area contributed by atoms with Gasteiger partial charge in [-0.2, -0.15) is 0 Å². The van der Waals surface area contributed by atoms with E-state index in [9.17, 15) is 13.0 Å². The summed E-state index contributed by atoms with van der Waals surface area (Å²) in [6.07, 6.45) is 1.72. The lowest BCUT2D eigenvalue weighted by molar-refractivity contribution is 0.165. The first-order valence-electron chi connectivity index (χ1n) is 15.8. The van der Waals surface area contributed by atoms with Gasteiger partial charge in [0.05, 0.1) is 34.1 Å². The molecule has 2 unspecified atom stereocenters. The van der Waals surface area contributed by atoms with Crippen LogP contribution in [-0.4, -0.2) is 35.4 Å². The number of hydrogen-bond acceptors (Lipinski definition) is 5. The lowest BCUT2D eigenvalue weighted by Crippen LogP contribution is -2.44. The van der Waals surface area contributed by atoms with Gasteiger partial charge in [0.25, 0.3) is 10.0 Å². The van der Waals surface area contributed by atoms with E-state index in [4.69, 9.17) is 4.74 Å². The van der Waals surface area contributed by atoms with Crippen molar-refractivity contribution in [2.24, 2.45) is 0 Å². The minimum Gasteiger partial charge on any atom is -0.593 e. The molecule has 0 bridgehead atoms. The Balaban J connectivity index is 1.52. The molecule has 0 saturated heterocycles. The molecule has 6 aromatic rings. The standard InChI is InChI=1S/C39H39N2O4PS2/c1-39(30-45-2,28-27-31-17-7-3-8-18-31)47(42)40-38-35-25-15-16-26-36(35)41(48(43,44)34-23-13-6-14-24-34)37(38)29-46(32-19-9-4-10-20-32)33-21-11-5-12-22-33/h3-26,40H,27-30H2,1-2H3. The number of para-hydroxylation sites is 1. The molecule has 1 N–H and O–H groups in total. The largest absolute Gasteiger partial charge is 0.593 e. The molecule has 0 saturated carbocycles. The monoisotopic (exact) mass is 694 g/mol. The lowest BCUT2D eigenvalue weighted by Gasteiger charge is -2.31. The average Bonchev–Trinajstić information content (AvgIpc) is 3.44. The van der Waals surface area contributed by atoms with Gasteiger partial charge in [-0.3, -0.25) is 0 Å². The van der Waals surface area contributed by atoms with Gasteiger partial charge in [0, 0.05) is 25.1 Å². The van der Waals surface area contributed by atoms with Crippen LogP contribution in [0.2, 0.25) is 0 Å². The maximum Gasteiger partial charge on any atom is 0.268 e. The fraction of sp³-hybridized carbons (Fsp3) is 0.179. The van der Waals surface area contributed by atoms with Crippen LogP contribution < -0.4 is 15.3 Å². The summed E-state index contributed by atoms with van der Waals surface area (Å²) < 4.78 is 53.5. The van der Waals surface area contributed by atoms with E-state index in [1.54, 1.807) is 37.4 Å². The highest BCUT2D eigenvalue weighted by Gasteiger charge is 2.40.